The third kappa shape index (κ3) is 3.94. The second-order valence-corrected chi connectivity index (χ2v) is 12.4. The zero-order valence-corrected chi connectivity index (χ0v) is 26.1. The van der Waals surface area contributed by atoms with Crippen molar-refractivity contribution in [2.24, 2.45) is 0 Å². The standard InChI is InChI=1S/C43H29BN4/c1-4-16-30(17-5-1)43-45-36-24-12-15-27-39(36)48(43)33-28-40-42-41(29-33)47(32-20-8-3-9-21-32)38-26-14-11-23-35(38)44(42)34-22-10-13-25-37(34)46(40)31-18-6-2-7-19-31/h1-29H. The number of imidazole rings is 1. The minimum atomic E-state index is 0.0736. The van der Waals surface area contributed by atoms with Gasteiger partial charge in [-0.2, -0.15) is 0 Å². The van der Waals surface area contributed by atoms with Gasteiger partial charge in [-0.15, -0.1) is 0 Å². The van der Waals surface area contributed by atoms with Gasteiger partial charge in [0.25, 0.3) is 6.71 Å². The lowest BCUT2D eigenvalue weighted by molar-refractivity contribution is 1.10. The summed E-state index contributed by atoms with van der Waals surface area (Å²) >= 11 is 0. The molecule has 3 heterocycles. The maximum atomic E-state index is 5.22. The molecule has 1 aromatic heterocycles. The smallest absolute Gasteiger partial charge is 0.252 e. The number of para-hydroxylation sites is 6. The lowest BCUT2D eigenvalue weighted by Crippen LogP contribution is -2.61. The Morgan fingerprint density at radius 2 is 0.896 bits per heavy atom. The second-order valence-electron chi connectivity index (χ2n) is 12.4. The molecule has 10 rings (SSSR count). The van der Waals surface area contributed by atoms with Gasteiger partial charge in [0.05, 0.1) is 16.7 Å². The van der Waals surface area contributed by atoms with E-state index in [1.54, 1.807) is 0 Å². The Morgan fingerprint density at radius 1 is 0.417 bits per heavy atom. The molecule has 0 unspecified atom stereocenters. The molecule has 0 saturated heterocycles. The van der Waals surface area contributed by atoms with Crippen molar-refractivity contribution in [1.29, 1.82) is 0 Å². The van der Waals surface area contributed by atoms with Crippen LogP contribution in [0.4, 0.5) is 34.1 Å². The van der Waals surface area contributed by atoms with E-state index in [2.05, 4.69) is 190 Å². The quantitative estimate of drug-likeness (QED) is 0.186. The number of anilines is 6. The first-order valence-electron chi connectivity index (χ1n) is 16.4. The van der Waals surface area contributed by atoms with Gasteiger partial charge in [-0.3, -0.25) is 4.57 Å². The van der Waals surface area contributed by atoms with Crippen LogP contribution in [0.2, 0.25) is 0 Å². The SMILES string of the molecule is c1ccc(-c2nc3ccccc3n2-c2cc3c4c(c2)N(c2ccccc2)c2ccccc2B4c2ccccc2N3c2ccccc2)cc1. The van der Waals surface area contributed by atoms with E-state index in [1.807, 2.05) is 0 Å². The molecular weight excluding hydrogens is 583 g/mol. The van der Waals surface area contributed by atoms with Crippen LogP contribution >= 0.6 is 0 Å². The van der Waals surface area contributed by atoms with E-state index in [0.29, 0.717) is 0 Å². The van der Waals surface area contributed by atoms with Crippen molar-refractivity contribution < 1.29 is 0 Å². The molecule has 4 nitrogen and oxygen atoms in total. The van der Waals surface area contributed by atoms with Gasteiger partial charge in [0.2, 0.25) is 0 Å². The molecule has 0 N–H and O–H groups in total. The predicted octanol–water partition coefficient (Wildman–Crippen LogP) is 8.78. The first-order chi connectivity index (χ1) is 23.8. The Morgan fingerprint density at radius 3 is 1.48 bits per heavy atom. The fraction of sp³-hybridized carbons (Fsp3) is 0. The molecule has 2 aliphatic heterocycles. The van der Waals surface area contributed by atoms with Crippen LogP contribution in [0.15, 0.2) is 176 Å². The molecule has 0 radical (unpaired) electrons. The van der Waals surface area contributed by atoms with Crippen molar-refractivity contribution in [2.75, 3.05) is 9.80 Å². The second kappa shape index (κ2) is 10.6. The highest BCUT2D eigenvalue weighted by atomic mass is 15.2. The Hall–Kier alpha value is -6.33. The fourth-order valence-corrected chi connectivity index (χ4v) is 7.79. The van der Waals surface area contributed by atoms with Crippen molar-refractivity contribution >= 4 is 68.3 Å². The summed E-state index contributed by atoms with van der Waals surface area (Å²) in [5.41, 5.74) is 15.1. The highest BCUT2D eigenvalue weighted by Crippen LogP contribution is 2.45. The van der Waals surface area contributed by atoms with Crippen molar-refractivity contribution in [1.82, 2.24) is 9.55 Å². The Labute approximate surface area is 279 Å². The molecule has 0 bridgehead atoms. The predicted molar refractivity (Wildman–Crippen MR) is 201 cm³/mol. The first-order valence-corrected chi connectivity index (χ1v) is 16.4. The normalized spacial score (nSPS) is 12.9. The average molecular weight is 613 g/mol. The van der Waals surface area contributed by atoms with Crippen LogP contribution in [0.3, 0.4) is 0 Å². The number of benzene rings is 7. The van der Waals surface area contributed by atoms with E-state index in [9.17, 15) is 0 Å². The van der Waals surface area contributed by atoms with Crippen LogP contribution < -0.4 is 26.2 Å². The number of rotatable bonds is 4. The number of fused-ring (bicyclic) bond motifs is 5. The van der Waals surface area contributed by atoms with Crippen molar-refractivity contribution in [2.45, 2.75) is 0 Å². The summed E-state index contributed by atoms with van der Waals surface area (Å²) < 4.78 is 2.34. The summed E-state index contributed by atoms with van der Waals surface area (Å²) in [6.45, 7) is 0.0736. The molecule has 7 aromatic carbocycles. The van der Waals surface area contributed by atoms with Gasteiger partial charge < -0.3 is 9.80 Å². The van der Waals surface area contributed by atoms with Crippen LogP contribution in [0.5, 0.6) is 0 Å². The van der Waals surface area contributed by atoms with E-state index in [1.165, 1.54) is 39.1 Å². The van der Waals surface area contributed by atoms with Crippen LogP contribution in [0, 0.1) is 0 Å². The van der Waals surface area contributed by atoms with E-state index >= 15 is 0 Å². The highest BCUT2D eigenvalue weighted by molar-refractivity contribution is 7.00. The fourth-order valence-electron chi connectivity index (χ4n) is 7.79. The topological polar surface area (TPSA) is 24.3 Å². The number of hydrogen-bond donors (Lipinski definition) is 0. The van der Waals surface area contributed by atoms with Gasteiger partial charge in [0.15, 0.2) is 0 Å². The molecule has 8 aromatic rings. The molecule has 0 aliphatic carbocycles. The Balaban J connectivity index is 1.36. The minimum Gasteiger partial charge on any atom is -0.311 e. The highest BCUT2D eigenvalue weighted by Gasteiger charge is 2.43. The lowest BCUT2D eigenvalue weighted by atomic mass is 9.33. The average Bonchev–Trinajstić information content (AvgIpc) is 3.55. The zero-order chi connectivity index (χ0) is 31.6. The third-order valence-corrected chi connectivity index (χ3v) is 9.75. The van der Waals surface area contributed by atoms with Gasteiger partial charge in [0, 0.05) is 39.7 Å². The van der Waals surface area contributed by atoms with Gasteiger partial charge in [-0.25, -0.2) is 4.98 Å². The lowest BCUT2D eigenvalue weighted by Gasteiger charge is -2.44. The summed E-state index contributed by atoms with van der Waals surface area (Å²) in [5, 5.41) is 0. The van der Waals surface area contributed by atoms with Gasteiger partial charge in [-0.1, -0.05) is 115 Å². The van der Waals surface area contributed by atoms with Gasteiger partial charge in [0.1, 0.15) is 5.82 Å². The largest absolute Gasteiger partial charge is 0.311 e. The summed E-state index contributed by atoms with van der Waals surface area (Å²) in [4.78, 5) is 10.1. The number of aromatic nitrogens is 2. The zero-order valence-electron chi connectivity index (χ0n) is 26.1. The Bertz CT molecular complexity index is 2360. The summed E-state index contributed by atoms with van der Waals surface area (Å²) in [6.07, 6.45) is 0. The third-order valence-electron chi connectivity index (χ3n) is 9.75. The van der Waals surface area contributed by atoms with E-state index in [4.69, 9.17) is 4.98 Å². The van der Waals surface area contributed by atoms with E-state index in [0.717, 1.165) is 39.5 Å². The first kappa shape index (κ1) is 26.8. The summed E-state index contributed by atoms with van der Waals surface area (Å²) in [7, 11) is 0. The van der Waals surface area contributed by atoms with Crippen LogP contribution in [-0.2, 0) is 0 Å². The van der Waals surface area contributed by atoms with Crippen molar-refractivity contribution in [3.05, 3.63) is 176 Å². The Kier molecular flexibility index (Phi) is 5.94. The number of hydrogen-bond acceptors (Lipinski definition) is 3. The van der Waals surface area contributed by atoms with Crippen molar-refractivity contribution in [3.63, 3.8) is 0 Å². The molecule has 224 valence electrons. The molecule has 0 fully saturated rings. The minimum absolute atomic E-state index is 0.0736. The monoisotopic (exact) mass is 612 g/mol. The summed E-state index contributed by atoms with van der Waals surface area (Å²) in [6, 6.07) is 63.1. The summed E-state index contributed by atoms with van der Waals surface area (Å²) in [5.74, 6) is 0.922. The maximum absolute atomic E-state index is 5.22. The van der Waals surface area contributed by atoms with Crippen LogP contribution in [-0.4, -0.2) is 16.3 Å². The van der Waals surface area contributed by atoms with Crippen LogP contribution in [0.25, 0.3) is 28.1 Å². The molecule has 0 amide bonds. The van der Waals surface area contributed by atoms with Gasteiger partial charge >= 0.3 is 0 Å². The van der Waals surface area contributed by atoms with E-state index < -0.39 is 0 Å². The molecule has 0 spiro atoms. The molecule has 0 saturated carbocycles. The van der Waals surface area contributed by atoms with E-state index in [-0.39, 0.29) is 6.71 Å². The number of nitrogens with zero attached hydrogens (tertiary/aromatic N) is 4. The van der Waals surface area contributed by atoms with Gasteiger partial charge in [-0.05, 0) is 77.1 Å². The molecule has 0 atom stereocenters. The molecule has 5 heteroatoms. The molecule has 48 heavy (non-hydrogen) atoms. The maximum Gasteiger partial charge on any atom is 0.252 e. The van der Waals surface area contributed by atoms with Crippen molar-refractivity contribution in [3.8, 4) is 17.1 Å². The molecule has 2 aliphatic rings. The van der Waals surface area contributed by atoms with Crippen LogP contribution in [0.1, 0.15) is 0 Å². The molecular formula is C43H29BN4.